The number of para-hydroxylation sites is 1. The van der Waals surface area contributed by atoms with Crippen molar-refractivity contribution in [2.75, 3.05) is 19.7 Å². The first-order chi connectivity index (χ1) is 13.0. The number of nitrogens with zero attached hydrogens (tertiary/aromatic N) is 2. The van der Waals surface area contributed by atoms with Crippen LogP contribution in [-0.2, 0) is 22.4 Å². The summed E-state index contributed by atoms with van der Waals surface area (Å²) in [6, 6.07) is 7.66. The highest BCUT2D eigenvalue weighted by Crippen LogP contribution is 2.30. The fourth-order valence-corrected chi connectivity index (χ4v) is 4.60. The predicted molar refractivity (Wildman–Crippen MR) is 104 cm³/mol. The summed E-state index contributed by atoms with van der Waals surface area (Å²) in [7, 11) is 0. The van der Waals surface area contributed by atoms with Gasteiger partial charge in [-0.2, -0.15) is 0 Å². The van der Waals surface area contributed by atoms with Crippen LogP contribution in [0.3, 0.4) is 0 Å². The molecule has 4 rings (SSSR count). The molecule has 1 aliphatic carbocycles. The van der Waals surface area contributed by atoms with Gasteiger partial charge in [-0.05, 0) is 49.1 Å². The Hall–Kier alpha value is -2.43. The molecule has 0 bridgehead atoms. The number of benzene rings is 1. The van der Waals surface area contributed by atoms with Crippen molar-refractivity contribution < 1.29 is 14.3 Å². The monoisotopic (exact) mass is 366 g/mol. The molecule has 5 nitrogen and oxygen atoms in total. The summed E-state index contributed by atoms with van der Waals surface area (Å²) >= 11 is 0. The van der Waals surface area contributed by atoms with Crippen molar-refractivity contribution in [3.8, 4) is 0 Å². The van der Waals surface area contributed by atoms with Gasteiger partial charge in [-0.25, -0.2) is 4.79 Å². The van der Waals surface area contributed by atoms with E-state index in [4.69, 9.17) is 9.72 Å². The highest BCUT2D eigenvalue weighted by Gasteiger charge is 2.28. The zero-order chi connectivity index (χ0) is 19.0. The molecule has 0 unspecified atom stereocenters. The molecule has 0 spiro atoms. The average molecular weight is 366 g/mol. The molecule has 0 N–H and O–H groups in total. The van der Waals surface area contributed by atoms with Crippen LogP contribution in [0.1, 0.15) is 48.3 Å². The van der Waals surface area contributed by atoms with Crippen molar-refractivity contribution in [3.05, 3.63) is 41.1 Å². The van der Waals surface area contributed by atoms with Crippen molar-refractivity contribution in [1.29, 1.82) is 0 Å². The van der Waals surface area contributed by atoms with E-state index in [2.05, 4.69) is 13.8 Å². The minimum atomic E-state index is -0.404. The fraction of sp³-hybridized carbons (Fsp3) is 0.500. The lowest BCUT2D eigenvalue weighted by atomic mass is 9.92. The van der Waals surface area contributed by atoms with Gasteiger partial charge in [0.15, 0.2) is 6.61 Å². The standard InChI is InChI=1S/C22H26N2O3/c1-14-10-15(2)12-24(11-14)20(25)13-27-22(26)21-16-6-3-4-8-18(16)23-19-9-5-7-17(19)21/h3-4,6,8,14-15H,5,7,9-13H2,1-2H3/t14-,15-/m0/s1. The molecule has 2 aromatic rings. The molecule has 1 aromatic heterocycles. The van der Waals surface area contributed by atoms with E-state index in [0.29, 0.717) is 17.4 Å². The van der Waals surface area contributed by atoms with E-state index < -0.39 is 5.97 Å². The topological polar surface area (TPSA) is 59.5 Å². The van der Waals surface area contributed by atoms with Crippen LogP contribution in [0, 0.1) is 11.8 Å². The molecule has 1 aliphatic heterocycles. The van der Waals surface area contributed by atoms with Gasteiger partial charge >= 0.3 is 5.97 Å². The predicted octanol–water partition coefficient (Wildman–Crippen LogP) is 3.38. The molecule has 1 fully saturated rings. The molecule has 0 saturated carbocycles. The number of piperidine rings is 1. The van der Waals surface area contributed by atoms with Gasteiger partial charge in [0.2, 0.25) is 0 Å². The minimum Gasteiger partial charge on any atom is -0.452 e. The molecule has 142 valence electrons. The normalized spacial score (nSPS) is 21.9. The summed E-state index contributed by atoms with van der Waals surface area (Å²) in [5.74, 6) is 0.469. The number of aromatic nitrogens is 1. The molecule has 2 atom stereocenters. The maximum Gasteiger partial charge on any atom is 0.339 e. The molecule has 27 heavy (non-hydrogen) atoms. The third-order valence-corrected chi connectivity index (χ3v) is 5.67. The summed E-state index contributed by atoms with van der Waals surface area (Å²) in [6.07, 6.45) is 3.87. The Morgan fingerprint density at radius 1 is 1.15 bits per heavy atom. The SMILES string of the molecule is C[C@H]1C[C@H](C)CN(C(=O)COC(=O)c2c3c(nc4ccccc24)CCC3)C1. The zero-order valence-corrected chi connectivity index (χ0v) is 16.0. The maximum atomic E-state index is 12.9. The largest absolute Gasteiger partial charge is 0.452 e. The molecule has 0 radical (unpaired) electrons. The van der Waals surface area contributed by atoms with Gasteiger partial charge in [0, 0.05) is 24.2 Å². The Balaban J connectivity index is 1.53. The second-order valence-electron chi connectivity index (χ2n) is 8.10. The third-order valence-electron chi connectivity index (χ3n) is 5.67. The molecule has 5 heteroatoms. The van der Waals surface area contributed by atoms with E-state index in [1.165, 1.54) is 0 Å². The number of esters is 1. The van der Waals surface area contributed by atoms with Gasteiger partial charge in [-0.3, -0.25) is 9.78 Å². The van der Waals surface area contributed by atoms with Crippen LogP contribution in [0.25, 0.3) is 10.9 Å². The first-order valence-electron chi connectivity index (χ1n) is 9.88. The number of rotatable bonds is 3. The lowest BCUT2D eigenvalue weighted by Crippen LogP contribution is -2.44. The van der Waals surface area contributed by atoms with E-state index in [-0.39, 0.29) is 12.5 Å². The van der Waals surface area contributed by atoms with Crippen molar-refractivity contribution in [1.82, 2.24) is 9.88 Å². The van der Waals surface area contributed by atoms with E-state index >= 15 is 0 Å². The number of amides is 1. The molecule has 1 aromatic carbocycles. The Morgan fingerprint density at radius 2 is 1.89 bits per heavy atom. The number of carbonyl (C=O) groups is 2. The maximum absolute atomic E-state index is 12.9. The van der Waals surface area contributed by atoms with Gasteiger partial charge in [-0.1, -0.05) is 32.0 Å². The Labute approximate surface area is 159 Å². The van der Waals surface area contributed by atoms with Crippen LogP contribution < -0.4 is 0 Å². The quantitative estimate of drug-likeness (QED) is 0.782. The van der Waals surface area contributed by atoms with Crippen molar-refractivity contribution in [2.45, 2.75) is 39.5 Å². The van der Waals surface area contributed by atoms with Crippen molar-refractivity contribution in [3.63, 3.8) is 0 Å². The summed E-state index contributed by atoms with van der Waals surface area (Å²) in [5.41, 5.74) is 3.40. The van der Waals surface area contributed by atoms with Crippen molar-refractivity contribution in [2.24, 2.45) is 11.8 Å². The van der Waals surface area contributed by atoms with Gasteiger partial charge in [-0.15, -0.1) is 0 Å². The van der Waals surface area contributed by atoms with E-state index in [0.717, 1.165) is 60.9 Å². The number of hydrogen-bond acceptors (Lipinski definition) is 4. The third kappa shape index (κ3) is 3.55. The summed E-state index contributed by atoms with van der Waals surface area (Å²) in [6.45, 7) is 5.62. The van der Waals surface area contributed by atoms with Crippen LogP contribution in [0.4, 0.5) is 0 Å². The Morgan fingerprint density at radius 3 is 2.67 bits per heavy atom. The van der Waals surface area contributed by atoms with Gasteiger partial charge < -0.3 is 9.64 Å². The molecule has 1 saturated heterocycles. The van der Waals surface area contributed by atoms with E-state index in [9.17, 15) is 9.59 Å². The van der Waals surface area contributed by atoms with Crippen LogP contribution in [0.5, 0.6) is 0 Å². The second-order valence-corrected chi connectivity index (χ2v) is 8.10. The summed E-state index contributed by atoms with van der Waals surface area (Å²) < 4.78 is 5.49. The van der Waals surface area contributed by atoms with Crippen LogP contribution >= 0.6 is 0 Å². The van der Waals surface area contributed by atoms with E-state index in [1.807, 2.05) is 29.2 Å². The van der Waals surface area contributed by atoms with E-state index in [1.54, 1.807) is 0 Å². The van der Waals surface area contributed by atoms with Gasteiger partial charge in [0.1, 0.15) is 0 Å². The highest BCUT2D eigenvalue weighted by molar-refractivity contribution is 6.05. The fourth-order valence-electron chi connectivity index (χ4n) is 4.60. The number of carbonyl (C=O) groups excluding carboxylic acids is 2. The Bertz CT molecular complexity index is 883. The van der Waals surface area contributed by atoms with Crippen LogP contribution in [-0.4, -0.2) is 41.5 Å². The number of ether oxygens (including phenoxy) is 1. The number of fused-ring (bicyclic) bond motifs is 2. The molecule has 2 heterocycles. The molecular formula is C22H26N2O3. The zero-order valence-electron chi connectivity index (χ0n) is 16.0. The average Bonchev–Trinajstić information content (AvgIpc) is 3.10. The molecule has 2 aliphatic rings. The second kappa shape index (κ2) is 7.29. The lowest BCUT2D eigenvalue weighted by Gasteiger charge is -2.34. The first-order valence-corrected chi connectivity index (χ1v) is 9.88. The summed E-state index contributed by atoms with van der Waals surface area (Å²) in [5, 5.41) is 0.816. The number of likely N-dealkylation sites (tertiary alicyclic amines) is 1. The molecular weight excluding hydrogens is 340 g/mol. The minimum absolute atomic E-state index is 0.100. The highest BCUT2D eigenvalue weighted by atomic mass is 16.5. The van der Waals surface area contributed by atoms with Crippen molar-refractivity contribution >= 4 is 22.8 Å². The Kier molecular flexibility index (Phi) is 4.85. The molecule has 1 amide bonds. The summed E-state index contributed by atoms with van der Waals surface area (Å²) in [4.78, 5) is 32.0. The number of hydrogen-bond donors (Lipinski definition) is 0. The van der Waals surface area contributed by atoms with Crippen LogP contribution in [0.15, 0.2) is 24.3 Å². The lowest BCUT2D eigenvalue weighted by molar-refractivity contribution is -0.137. The van der Waals surface area contributed by atoms with Gasteiger partial charge in [0.25, 0.3) is 5.91 Å². The number of pyridine rings is 1. The van der Waals surface area contributed by atoms with Gasteiger partial charge in [0.05, 0.1) is 11.1 Å². The first kappa shape index (κ1) is 18.0. The van der Waals surface area contributed by atoms with Crippen LogP contribution in [0.2, 0.25) is 0 Å². The smallest absolute Gasteiger partial charge is 0.339 e. The number of aryl methyl sites for hydroxylation is 1.